The van der Waals surface area contributed by atoms with E-state index in [4.69, 9.17) is 9.47 Å². The van der Waals surface area contributed by atoms with E-state index in [-0.39, 0.29) is 12.1 Å². The van der Waals surface area contributed by atoms with Gasteiger partial charge in [-0.15, -0.1) is 0 Å². The minimum Gasteiger partial charge on any atom is -0.497 e. The summed E-state index contributed by atoms with van der Waals surface area (Å²) in [5.74, 6) is 1.72. The molecule has 2 atom stereocenters. The molecule has 3 rings (SSSR count). The minimum absolute atomic E-state index is 0.128. The van der Waals surface area contributed by atoms with Gasteiger partial charge in [-0.25, -0.2) is 0 Å². The third-order valence-corrected chi connectivity index (χ3v) is 3.79. The zero-order chi connectivity index (χ0) is 14.7. The van der Waals surface area contributed by atoms with Crippen molar-refractivity contribution in [2.24, 2.45) is 10.2 Å². The minimum atomic E-state index is 0.128. The van der Waals surface area contributed by atoms with Crippen LogP contribution in [0.5, 0.6) is 11.5 Å². The molecule has 1 heterocycles. The second-order valence-electron chi connectivity index (χ2n) is 5.04. The van der Waals surface area contributed by atoms with Crippen molar-refractivity contribution >= 4 is 0 Å². The van der Waals surface area contributed by atoms with Crippen molar-refractivity contribution in [1.29, 1.82) is 0 Å². The van der Waals surface area contributed by atoms with Crippen LogP contribution >= 0.6 is 0 Å². The highest BCUT2D eigenvalue weighted by atomic mass is 16.5. The SMILES string of the molecule is COc1ccc([C@@H]2C[C@H](c3ccc(OC)cc3)N=N2)cc1. The van der Waals surface area contributed by atoms with Gasteiger partial charge >= 0.3 is 0 Å². The number of hydrogen-bond acceptors (Lipinski definition) is 4. The molecule has 0 saturated carbocycles. The first-order valence-electron chi connectivity index (χ1n) is 6.98. The topological polar surface area (TPSA) is 43.2 Å². The second-order valence-corrected chi connectivity index (χ2v) is 5.04. The maximum Gasteiger partial charge on any atom is 0.118 e. The van der Waals surface area contributed by atoms with Gasteiger partial charge in [0, 0.05) is 6.42 Å². The fourth-order valence-electron chi connectivity index (χ4n) is 2.52. The van der Waals surface area contributed by atoms with Gasteiger partial charge in [-0.3, -0.25) is 0 Å². The van der Waals surface area contributed by atoms with Crippen molar-refractivity contribution in [3.63, 3.8) is 0 Å². The van der Waals surface area contributed by atoms with E-state index < -0.39 is 0 Å². The molecule has 1 aliphatic heterocycles. The predicted molar refractivity (Wildman–Crippen MR) is 80.9 cm³/mol. The summed E-state index contributed by atoms with van der Waals surface area (Å²) >= 11 is 0. The van der Waals surface area contributed by atoms with Crippen LogP contribution in [-0.2, 0) is 0 Å². The smallest absolute Gasteiger partial charge is 0.118 e. The lowest BCUT2D eigenvalue weighted by atomic mass is 9.97. The van der Waals surface area contributed by atoms with E-state index in [9.17, 15) is 0 Å². The van der Waals surface area contributed by atoms with Crippen LogP contribution in [0.4, 0.5) is 0 Å². The van der Waals surface area contributed by atoms with Gasteiger partial charge in [0.25, 0.3) is 0 Å². The quantitative estimate of drug-likeness (QED) is 0.837. The van der Waals surface area contributed by atoms with Crippen molar-refractivity contribution < 1.29 is 9.47 Å². The van der Waals surface area contributed by atoms with E-state index >= 15 is 0 Å². The molecule has 21 heavy (non-hydrogen) atoms. The van der Waals surface area contributed by atoms with Crippen LogP contribution in [0.15, 0.2) is 58.8 Å². The van der Waals surface area contributed by atoms with Gasteiger partial charge < -0.3 is 9.47 Å². The molecule has 4 nitrogen and oxygen atoms in total. The number of rotatable bonds is 4. The van der Waals surface area contributed by atoms with Gasteiger partial charge in [-0.1, -0.05) is 24.3 Å². The summed E-state index contributed by atoms with van der Waals surface area (Å²) in [6.45, 7) is 0. The van der Waals surface area contributed by atoms with Crippen molar-refractivity contribution in [2.45, 2.75) is 18.5 Å². The Labute approximate surface area is 124 Å². The number of methoxy groups -OCH3 is 2. The molecule has 1 aliphatic rings. The lowest BCUT2D eigenvalue weighted by Gasteiger charge is -2.10. The predicted octanol–water partition coefficient (Wildman–Crippen LogP) is 4.34. The number of azo groups is 1. The maximum atomic E-state index is 5.18. The van der Waals surface area contributed by atoms with Crippen LogP contribution in [0.1, 0.15) is 29.6 Å². The summed E-state index contributed by atoms with van der Waals surface area (Å²) in [5.41, 5.74) is 2.35. The molecule has 0 bridgehead atoms. The maximum absolute atomic E-state index is 5.18. The third kappa shape index (κ3) is 2.89. The summed E-state index contributed by atoms with van der Waals surface area (Å²) in [5, 5.41) is 8.83. The molecule has 0 radical (unpaired) electrons. The number of benzene rings is 2. The van der Waals surface area contributed by atoms with Crippen molar-refractivity contribution in [3.05, 3.63) is 59.7 Å². The first-order valence-corrected chi connectivity index (χ1v) is 6.98. The van der Waals surface area contributed by atoms with Crippen molar-refractivity contribution in [2.75, 3.05) is 14.2 Å². The molecule has 0 amide bonds. The number of hydrogen-bond donors (Lipinski definition) is 0. The summed E-state index contributed by atoms with van der Waals surface area (Å²) in [6, 6.07) is 16.3. The first-order chi connectivity index (χ1) is 10.3. The fraction of sp³-hybridized carbons (Fsp3) is 0.294. The molecular weight excluding hydrogens is 264 g/mol. The molecular formula is C17H18N2O2. The Bertz CT molecular complexity index is 565. The van der Waals surface area contributed by atoms with E-state index in [0.717, 1.165) is 17.9 Å². The van der Waals surface area contributed by atoms with Crippen LogP contribution in [0.25, 0.3) is 0 Å². The Hall–Kier alpha value is -2.36. The highest BCUT2D eigenvalue weighted by Crippen LogP contribution is 2.39. The van der Waals surface area contributed by atoms with Gasteiger partial charge in [0.2, 0.25) is 0 Å². The number of ether oxygens (including phenoxy) is 2. The van der Waals surface area contributed by atoms with Crippen LogP contribution in [0.2, 0.25) is 0 Å². The molecule has 2 aromatic carbocycles. The summed E-state index contributed by atoms with van der Waals surface area (Å²) in [7, 11) is 3.34. The van der Waals surface area contributed by atoms with Crippen LogP contribution < -0.4 is 9.47 Å². The van der Waals surface area contributed by atoms with Crippen molar-refractivity contribution in [1.82, 2.24) is 0 Å². The molecule has 0 N–H and O–H groups in total. The van der Waals surface area contributed by atoms with Gasteiger partial charge in [0.15, 0.2) is 0 Å². The molecule has 0 saturated heterocycles. The molecule has 0 fully saturated rings. The number of nitrogens with zero attached hydrogens (tertiary/aromatic N) is 2. The fourth-order valence-corrected chi connectivity index (χ4v) is 2.52. The van der Waals surface area contributed by atoms with Gasteiger partial charge in [-0.2, -0.15) is 10.2 Å². The van der Waals surface area contributed by atoms with Gasteiger partial charge in [-0.05, 0) is 35.4 Å². The van der Waals surface area contributed by atoms with Gasteiger partial charge in [0.05, 0.1) is 26.3 Å². The highest BCUT2D eigenvalue weighted by Gasteiger charge is 2.24. The molecule has 2 aromatic rings. The summed E-state index contributed by atoms with van der Waals surface area (Å²) in [4.78, 5) is 0. The standard InChI is InChI=1S/C17H18N2O2/c1-20-14-7-3-12(4-8-14)16-11-17(19-18-16)13-5-9-15(21-2)10-6-13/h3-10,16-17H,11H2,1-2H3/t16-,17+. The average molecular weight is 282 g/mol. The van der Waals surface area contributed by atoms with E-state index in [2.05, 4.69) is 34.5 Å². The molecule has 0 aliphatic carbocycles. The van der Waals surface area contributed by atoms with Crippen LogP contribution in [0.3, 0.4) is 0 Å². The van der Waals surface area contributed by atoms with Gasteiger partial charge in [0.1, 0.15) is 11.5 Å². The van der Waals surface area contributed by atoms with E-state index in [0.29, 0.717) is 0 Å². The Morgan fingerprint density at radius 2 is 1.10 bits per heavy atom. The molecule has 0 aromatic heterocycles. The zero-order valence-corrected chi connectivity index (χ0v) is 12.2. The average Bonchev–Trinajstić information content (AvgIpc) is 3.05. The Morgan fingerprint density at radius 1 is 0.714 bits per heavy atom. The van der Waals surface area contributed by atoms with Crippen LogP contribution in [0, 0.1) is 0 Å². The second kappa shape index (κ2) is 5.95. The normalized spacial score (nSPS) is 20.5. The highest BCUT2D eigenvalue weighted by molar-refractivity contribution is 5.32. The summed E-state index contributed by atoms with van der Waals surface area (Å²) < 4.78 is 10.4. The Kier molecular flexibility index (Phi) is 3.86. The Morgan fingerprint density at radius 3 is 1.43 bits per heavy atom. The van der Waals surface area contributed by atoms with E-state index in [1.165, 1.54) is 11.1 Å². The molecule has 108 valence electrons. The Balaban J connectivity index is 1.71. The molecule has 4 heteroatoms. The van der Waals surface area contributed by atoms with E-state index in [1.54, 1.807) is 14.2 Å². The zero-order valence-electron chi connectivity index (χ0n) is 12.2. The largest absolute Gasteiger partial charge is 0.497 e. The summed E-state index contributed by atoms with van der Waals surface area (Å²) in [6.07, 6.45) is 0.901. The lowest BCUT2D eigenvalue weighted by Crippen LogP contribution is -1.97. The molecule has 0 spiro atoms. The third-order valence-electron chi connectivity index (χ3n) is 3.79. The lowest BCUT2D eigenvalue weighted by molar-refractivity contribution is 0.414. The van der Waals surface area contributed by atoms with E-state index in [1.807, 2.05) is 24.3 Å². The van der Waals surface area contributed by atoms with Crippen LogP contribution in [-0.4, -0.2) is 14.2 Å². The van der Waals surface area contributed by atoms with Crippen molar-refractivity contribution in [3.8, 4) is 11.5 Å². The first kappa shape index (κ1) is 13.6. The molecule has 0 unspecified atom stereocenters. The monoisotopic (exact) mass is 282 g/mol.